The molecule has 0 aliphatic carbocycles. The maximum atomic E-state index is 12.2. The van der Waals surface area contributed by atoms with Gasteiger partial charge in [0.15, 0.2) is 0 Å². The second-order valence-corrected chi connectivity index (χ2v) is 5.65. The van der Waals surface area contributed by atoms with Gasteiger partial charge >= 0.3 is 0 Å². The predicted octanol–water partition coefficient (Wildman–Crippen LogP) is 0.537. The fraction of sp³-hybridized carbons (Fsp3) is 0.846. The number of hydrogen-bond acceptors (Lipinski definition) is 3. The molecule has 5 heteroatoms. The number of carbonyl (C=O) groups excluding carboxylic acids is 2. The first-order chi connectivity index (χ1) is 8.47. The van der Waals surface area contributed by atoms with Crippen LogP contribution >= 0.6 is 0 Å². The van der Waals surface area contributed by atoms with E-state index in [0.717, 1.165) is 12.8 Å². The molecule has 0 bridgehead atoms. The van der Waals surface area contributed by atoms with E-state index < -0.39 is 0 Å². The molecule has 0 spiro atoms. The van der Waals surface area contributed by atoms with Gasteiger partial charge in [0.1, 0.15) is 6.04 Å². The number of nitrogens with zero attached hydrogens (tertiary/aromatic N) is 1. The van der Waals surface area contributed by atoms with E-state index in [2.05, 4.69) is 5.32 Å². The summed E-state index contributed by atoms with van der Waals surface area (Å²) in [6.45, 7) is 6.64. The lowest BCUT2D eigenvalue weighted by atomic mass is 10.0. The molecule has 102 valence electrons. The van der Waals surface area contributed by atoms with Crippen LogP contribution < -0.4 is 5.32 Å². The second-order valence-electron chi connectivity index (χ2n) is 5.65. The van der Waals surface area contributed by atoms with Gasteiger partial charge in [-0.05, 0) is 25.7 Å². The fourth-order valence-corrected chi connectivity index (χ4v) is 2.60. The molecule has 0 radical (unpaired) electrons. The van der Waals surface area contributed by atoms with Crippen molar-refractivity contribution in [2.45, 2.75) is 51.9 Å². The molecule has 18 heavy (non-hydrogen) atoms. The van der Waals surface area contributed by atoms with Gasteiger partial charge in [-0.3, -0.25) is 9.59 Å². The quantitative estimate of drug-likeness (QED) is 0.799. The van der Waals surface area contributed by atoms with E-state index in [1.54, 1.807) is 4.90 Å². The van der Waals surface area contributed by atoms with Gasteiger partial charge in [0.25, 0.3) is 0 Å². The molecule has 0 aromatic heterocycles. The van der Waals surface area contributed by atoms with Crippen LogP contribution in [-0.2, 0) is 14.3 Å². The molecule has 2 aliphatic rings. The lowest BCUT2D eigenvalue weighted by molar-refractivity contribution is -0.147. The van der Waals surface area contributed by atoms with Crippen LogP contribution in [-0.4, -0.2) is 48.1 Å². The second kappa shape index (κ2) is 5.26. The number of ether oxygens (including phenoxy) is 1. The van der Waals surface area contributed by atoms with E-state index in [4.69, 9.17) is 4.74 Å². The van der Waals surface area contributed by atoms with Crippen LogP contribution in [0.2, 0.25) is 0 Å². The van der Waals surface area contributed by atoms with Crippen molar-refractivity contribution >= 4 is 11.8 Å². The molecule has 2 heterocycles. The summed E-state index contributed by atoms with van der Waals surface area (Å²) >= 11 is 0. The van der Waals surface area contributed by atoms with Crippen molar-refractivity contribution in [3.63, 3.8) is 0 Å². The molecule has 2 aliphatic heterocycles. The molecule has 0 saturated carbocycles. The number of rotatable bonds is 3. The maximum absolute atomic E-state index is 12.2. The van der Waals surface area contributed by atoms with E-state index in [9.17, 15) is 9.59 Å². The van der Waals surface area contributed by atoms with E-state index in [1.807, 2.05) is 20.8 Å². The molecule has 3 unspecified atom stereocenters. The van der Waals surface area contributed by atoms with Gasteiger partial charge in [0.2, 0.25) is 11.8 Å². The van der Waals surface area contributed by atoms with Crippen LogP contribution in [0.5, 0.6) is 0 Å². The summed E-state index contributed by atoms with van der Waals surface area (Å²) < 4.78 is 5.72. The molecule has 5 nitrogen and oxygen atoms in total. The first-order valence-corrected chi connectivity index (χ1v) is 6.71. The van der Waals surface area contributed by atoms with Crippen molar-refractivity contribution in [3.05, 3.63) is 0 Å². The molecule has 2 rings (SSSR count). The van der Waals surface area contributed by atoms with Crippen LogP contribution in [0.4, 0.5) is 0 Å². The standard InChI is InChI=1S/C13H22N2O3/c1-8(2)12-13(17)15(7-11(16)14-12)6-10-5-4-9(3)18-10/h8-10,12H,4-7H2,1-3H3,(H,14,16). The number of hydrogen-bond donors (Lipinski definition) is 1. The van der Waals surface area contributed by atoms with E-state index >= 15 is 0 Å². The predicted molar refractivity (Wildman–Crippen MR) is 66.9 cm³/mol. The maximum Gasteiger partial charge on any atom is 0.245 e. The SMILES string of the molecule is CC1CCC(CN2CC(=O)NC(C(C)C)C2=O)O1. The largest absolute Gasteiger partial charge is 0.373 e. The summed E-state index contributed by atoms with van der Waals surface area (Å²) in [6.07, 6.45) is 2.36. The third-order valence-corrected chi connectivity index (χ3v) is 3.64. The van der Waals surface area contributed by atoms with Crippen molar-refractivity contribution in [2.24, 2.45) is 5.92 Å². The summed E-state index contributed by atoms with van der Waals surface area (Å²) in [6, 6.07) is -0.384. The van der Waals surface area contributed by atoms with Crippen molar-refractivity contribution < 1.29 is 14.3 Å². The summed E-state index contributed by atoms with van der Waals surface area (Å²) in [5.74, 6) is 0.0692. The van der Waals surface area contributed by atoms with E-state index in [-0.39, 0.29) is 42.5 Å². The third-order valence-electron chi connectivity index (χ3n) is 3.64. The Morgan fingerprint density at radius 2 is 2.11 bits per heavy atom. The average molecular weight is 254 g/mol. The fourth-order valence-electron chi connectivity index (χ4n) is 2.60. The zero-order chi connectivity index (χ0) is 13.3. The molecule has 3 atom stereocenters. The Labute approximate surface area is 108 Å². The van der Waals surface area contributed by atoms with Crippen molar-refractivity contribution in [1.82, 2.24) is 10.2 Å². The summed E-state index contributed by atoms with van der Waals surface area (Å²) in [7, 11) is 0. The number of nitrogens with one attached hydrogen (secondary N) is 1. The first kappa shape index (κ1) is 13.3. The molecule has 2 saturated heterocycles. The van der Waals surface area contributed by atoms with Crippen LogP contribution in [0, 0.1) is 5.92 Å². The molecule has 1 N–H and O–H groups in total. The summed E-state index contributed by atoms with van der Waals surface area (Å²) in [4.78, 5) is 25.5. The zero-order valence-electron chi connectivity index (χ0n) is 11.3. The number of carbonyl (C=O) groups is 2. The smallest absolute Gasteiger partial charge is 0.245 e. The van der Waals surface area contributed by atoms with Gasteiger partial charge in [0, 0.05) is 6.54 Å². The highest BCUT2D eigenvalue weighted by Crippen LogP contribution is 2.21. The molecular formula is C13H22N2O3. The number of piperazine rings is 1. The van der Waals surface area contributed by atoms with Crippen LogP contribution in [0.1, 0.15) is 33.6 Å². The minimum atomic E-state index is -0.384. The molecule has 0 aromatic rings. The van der Waals surface area contributed by atoms with Gasteiger partial charge in [0.05, 0.1) is 18.8 Å². The average Bonchev–Trinajstić information content (AvgIpc) is 2.68. The summed E-state index contributed by atoms with van der Waals surface area (Å²) in [5, 5.41) is 2.76. The molecule has 2 fully saturated rings. The topological polar surface area (TPSA) is 58.6 Å². The Hall–Kier alpha value is -1.10. The Morgan fingerprint density at radius 1 is 1.39 bits per heavy atom. The van der Waals surface area contributed by atoms with E-state index in [1.165, 1.54) is 0 Å². The lowest BCUT2D eigenvalue weighted by Gasteiger charge is -2.35. The molecule has 0 aromatic carbocycles. The third kappa shape index (κ3) is 2.83. The van der Waals surface area contributed by atoms with Gasteiger partial charge in [-0.25, -0.2) is 0 Å². The van der Waals surface area contributed by atoms with Crippen molar-refractivity contribution in [1.29, 1.82) is 0 Å². The minimum Gasteiger partial charge on any atom is -0.373 e. The molecular weight excluding hydrogens is 232 g/mol. The van der Waals surface area contributed by atoms with Gasteiger partial charge in [-0.2, -0.15) is 0 Å². The lowest BCUT2D eigenvalue weighted by Crippen LogP contribution is -2.60. The normalized spacial score (nSPS) is 33.1. The van der Waals surface area contributed by atoms with Gasteiger partial charge in [-0.1, -0.05) is 13.8 Å². The highest BCUT2D eigenvalue weighted by Gasteiger charge is 2.36. The van der Waals surface area contributed by atoms with Crippen LogP contribution in [0.3, 0.4) is 0 Å². The van der Waals surface area contributed by atoms with Crippen molar-refractivity contribution in [3.8, 4) is 0 Å². The Morgan fingerprint density at radius 3 is 2.67 bits per heavy atom. The van der Waals surface area contributed by atoms with Crippen LogP contribution in [0.25, 0.3) is 0 Å². The Balaban J connectivity index is 1.98. The minimum absolute atomic E-state index is 0.0211. The zero-order valence-corrected chi connectivity index (χ0v) is 11.3. The Bertz CT molecular complexity index is 343. The van der Waals surface area contributed by atoms with Crippen molar-refractivity contribution in [2.75, 3.05) is 13.1 Å². The van der Waals surface area contributed by atoms with Gasteiger partial charge in [-0.15, -0.1) is 0 Å². The first-order valence-electron chi connectivity index (χ1n) is 6.71. The highest BCUT2D eigenvalue weighted by atomic mass is 16.5. The monoisotopic (exact) mass is 254 g/mol. The highest BCUT2D eigenvalue weighted by molar-refractivity contribution is 5.95. The number of amides is 2. The van der Waals surface area contributed by atoms with E-state index in [0.29, 0.717) is 6.54 Å². The van der Waals surface area contributed by atoms with Gasteiger partial charge < -0.3 is 15.0 Å². The Kier molecular flexibility index (Phi) is 3.90. The summed E-state index contributed by atoms with van der Waals surface area (Å²) in [5.41, 5.74) is 0. The molecule has 2 amide bonds. The van der Waals surface area contributed by atoms with Crippen LogP contribution in [0.15, 0.2) is 0 Å².